The molecule has 0 unspecified atom stereocenters. The molecule has 0 bridgehead atoms. The van der Waals surface area contributed by atoms with Crippen molar-refractivity contribution in [2.24, 2.45) is 5.73 Å². The smallest absolute Gasteiger partial charge is 0.222 e. The van der Waals surface area contributed by atoms with Crippen molar-refractivity contribution in [2.45, 2.75) is 38.1 Å². The standard InChI is InChI=1S/C18H24N2O2/c19-17-10-12-20(13-11-17)18(22)9-3-1-2-6-15-7-4-5-8-16(15)14-21/h2,4-8,14,17H,1,3,9-13,19H2/b6-2-. The second-order valence-electron chi connectivity index (χ2n) is 5.76. The number of nitrogens with zero attached hydrogens (tertiary/aromatic N) is 1. The molecule has 4 heteroatoms. The molecule has 4 nitrogen and oxygen atoms in total. The van der Waals surface area contributed by atoms with Crippen molar-refractivity contribution in [3.8, 4) is 0 Å². The number of hydrogen-bond donors (Lipinski definition) is 1. The number of nitrogens with two attached hydrogens (primary N) is 1. The molecule has 1 saturated heterocycles. The second kappa shape index (κ2) is 8.49. The lowest BCUT2D eigenvalue weighted by Crippen LogP contribution is -2.42. The van der Waals surface area contributed by atoms with Gasteiger partial charge in [-0.25, -0.2) is 0 Å². The number of amides is 1. The van der Waals surface area contributed by atoms with Gasteiger partial charge in [0.15, 0.2) is 6.29 Å². The fraction of sp³-hybridized carbons (Fsp3) is 0.444. The predicted octanol–water partition coefficient (Wildman–Crippen LogP) is 2.63. The summed E-state index contributed by atoms with van der Waals surface area (Å²) in [5, 5.41) is 0. The molecule has 118 valence electrons. The number of unbranched alkanes of at least 4 members (excludes halogenated alkanes) is 1. The second-order valence-corrected chi connectivity index (χ2v) is 5.76. The molecule has 22 heavy (non-hydrogen) atoms. The van der Waals surface area contributed by atoms with E-state index in [0.29, 0.717) is 12.0 Å². The van der Waals surface area contributed by atoms with Gasteiger partial charge in [0.05, 0.1) is 0 Å². The van der Waals surface area contributed by atoms with Crippen molar-refractivity contribution in [3.05, 3.63) is 41.5 Å². The Balaban J connectivity index is 1.71. The third kappa shape index (κ3) is 4.81. The molecule has 2 rings (SSSR count). The average Bonchev–Trinajstić information content (AvgIpc) is 2.55. The van der Waals surface area contributed by atoms with Gasteiger partial charge in [-0.3, -0.25) is 9.59 Å². The normalized spacial score (nSPS) is 16.1. The summed E-state index contributed by atoms with van der Waals surface area (Å²) in [7, 11) is 0. The molecule has 1 aliphatic rings. The van der Waals surface area contributed by atoms with Crippen LogP contribution < -0.4 is 5.73 Å². The van der Waals surface area contributed by atoms with Crippen LogP contribution >= 0.6 is 0 Å². The van der Waals surface area contributed by atoms with Crippen LogP contribution in [-0.4, -0.2) is 36.2 Å². The van der Waals surface area contributed by atoms with Crippen molar-refractivity contribution >= 4 is 18.3 Å². The molecule has 0 spiro atoms. The maximum Gasteiger partial charge on any atom is 0.222 e. The molecule has 1 aromatic rings. The van der Waals surface area contributed by atoms with Crippen LogP contribution in [-0.2, 0) is 4.79 Å². The Morgan fingerprint density at radius 1 is 1.23 bits per heavy atom. The van der Waals surface area contributed by atoms with Gasteiger partial charge in [-0.1, -0.05) is 36.4 Å². The van der Waals surface area contributed by atoms with E-state index in [9.17, 15) is 9.59 Å². The van der Waals surface area contributed by atoms with Crippen molar-refractivity contribution in [1.82, 2.24) is 4.90 Å². The first kappa shape index (κ1) is 16.4. The molecular weight excluding hydrogens is 276 g/mol. The van der Waals surface area contributed by atoms with Crippen LogP contribution in [0.1, 0.15) is 48.0 Å². The van der Waals surface area contributed by atoms with E-state index >= 15 is 0 Å². The quantitative estimate of drug-likeness (QED) is 0.649. The molecule has 0 radical (unpaired) electrons. The summed E-state index contributed by atoms with van der Waals surface area (Å²) in [5.74, 6) is 0.230. The third-order valence-corrected chi connectivity index (χ3v) is 4.07. The van der Waals surface area contributed by atoms with E-state index in [0.717, 1.165) is 50.6 Å². The van der Waals surface area contributed by atoms with E-state index in [2.05, 4.69) is 0 Å². The van der Waals surface area contributed by atoms with Crippen LogP contribution in [0, 0.1) is 0 Å². The van der Waals surface area contributed by atoms with Crippen LogP contribution in [0.15, 0.2) is 30.3 Å². The molecule has 1 heterocycles. The number of piperidine rings is 1. The number of rotatable bonds is 6. The van der Waals surface area contributed by atoms with Gasteiger partial charge < -0.3 is 10.6 Å². The third-order valence-electron chi connectivity index (χ3n) is 4.07. The molecule has 1 aromatic carbocycles. The number of carbonyl (C=O) groups is 2. The van der Waals surface area contributed by atoms with Gasteiger partial charge >= 0.3 is 0 Å². The summed E-state index contributed by atoms with van der Waals surface area (Å²) in [6.07, 6.45) is 8.92. The Bertz CT molecular complexity index is 532. The van der Waals surface area contributed by atoms with E-state index in [1.807, 2.05) is 35.3 Å². The first-order chi connectivity index (χ1) is 10.7. The maximum atomic E-state index is 12.1. The highest BCUT2D eigenvalue weighted by molar-refractivity contribution is 5.81. The molecule has 1 aliphatic heterocycles. The minimum Gasteiger partial charge on any atom is -0.343 e. The van der Waals surface area contributed by atoms with E-state index in [1.165, 1.54) is 0 Å². The van der Waals surface area contributed by atoms with Gasteiger partial charge in [-0.2, -0.15) is 0 Å². The highest BCUT2D eigenvalue weighted by atomic mass is 16.2. The predicted molar refractivity (Wildman–Crippen MR) is 88.5 cm³/mol. The Labute approximate surface area is 132 Å². The first-order valence-electron chi connectivity index (χ1n) is 7.95. The summed E-state index contributed by atoms with van der Waals surface area (Å²) in [5.41, 5.74) is 7.46. The lowest BCUT2D eigenvalue weighted by molar-refractivity contribution is -0.132. The maximum absolute atomic E-state index is 12.1. The van der Waals surface area contributed by atoms with E-state index in [-0.39, 0.29) is 11.9 Å². The minimum absolute atomic E-state index is 0.230. The van der Waals surface area contributed by atoms with Crippen LogP contribution in [0.2, 0.25) is 0 Å². The van der Waals surface area contributed by atoms with Crippen molar-refractivity contribution in [1.29, 1.82) is 0 Å². The summed E-state index contributed by atoms with van der Waals surface area (Å²) in [6.45, 7) is 1.59. The van der Waals surface area contributed by atoms with Gasteiger partial charge in [0.2, 0.25) is 5.91 Å². The van der Waals surface area contributed by atoms with Crippen molar-refractivity contribution in [2.75, 3.05) is 13.1 Å². The molecule has 0 saturated carbocycles. The van der Waals surface area contributed by atoms with Crippen LogP contribution in [0.25, 0.3) is 6.08 Å². The zero-order valence-corrected chi connectivity index (χ0v) is 12.9. The Morgan fingerprint density at radius 2 is 1.91 bits per heavy atom. The Morgan fingerprint density at radius 3 is 2.59 bits per heavy atom. The topological polar surface area (TPSA) is 63.4 Å². The largest absolute Gasteiger partial charge is 0.343 e. The Kier molecular flexibility index (Phi) is 6.34. The molecule has 1 fully saturated rings. The highest BCUT2D eigenvalue weighted by Gasteiger charge is 2.19. The van der Waals surface area contributed by atoms with Gasteiger partial charge in [-0.15, -0.1) is 0 Å². The molecule has 0 atom stereocenters. The molecular formula is C18H24N2O2. The number of aldehydes is 1. The zero-order chi connectivity index (χ0) is 15.8. The van der Waals surface area contributed by atoms with Crippen LogP contribution in [0.5, 0.6) is 0 Å². The molecule has 2 N–H and O–H groups in total. The van der Waals surface area contributed by atoms with Gasteiger partial charge in [-0.05, 0) is 31.2 Å². The SMILES string of the molecule is NC1CCN(C(=O)CCC/C=C\c2ccccc2C=O)CC1. The molecule has 0 aromatic heterocycles. The summed E-state index contributed by atoms with van der Waals surface area (Å²) in [4.78, 5) is 24.9. The molecule has 1 amide bonds. The van der Waals surface area contributed by atoms with Gasteiger partial charge in [0, 0.05) is 31.1 Å². The van der Waals surface area contributed by atoms with E-state index in [1.54, 1.807) is 6.07 Å². The zero-order valence-electron chi connectivity index (χ0n) is 12.9. The summed E-state index contributed by atoms with van der Waals surface area (Å²) in [6, 6.07) is 7.74. The van der Waals surface area contributed by atoms with Crippen LogP contribution in [0.3, 0.4) is 0 Å². The first-order valence-corrected chi connectivity index (χ1v) is 7.95. The minimum atomic E-state index is 0.230. The summed E-state index contributed by atoms with van der Waals surface area (Å²) < 4.78 is 0. The number of carbonyl (C=O) groups excluding carboxylic acids is 2. The van der Waals surface area contributed by atoms with E-state index in [4.69, 9.17) is 5.73 Å². The number of likely N-dealkylation sites (tertiary alicyclic amines) is 1. The van der Waals surface area contributed by atoms with E-state index < -0.39 is 0 Å². The highest BCUT2D eigenvalue weighted by Crippen LogP contribution is 2.12. The average molecular weight is 300 g/mol. The van der Waals surface area contributed by atoms with Crippen molar-refractivity contribution in [3.63, 3.8) is 0 Å². The van der Waals surface area contributed by atoms with Gasteiger partial charge in [0.1, 0.15) is 0 Å². The fourth-order valence-corrected chi connectivity index (χ4v) is 2.66. The van der Waals surface area contributed by atoms with Crippen molar-refractivity contribution < 1.29 is 9.59 Å². The monoisotopic (exact) mass is 300 g/mol. The lowest BCUT2D eigenvalue weighted by atomic mass is 10.1. The number of hydrogen-bond acceptors (Lipinski definition) is 3. The fourth-order valence-electron chi connectivity index (χ4n) is 2.66. The van der Waals surface area contributed by atoms with Gasteiger partial charge in [0.25, 0.3) is 0 Å². The van der Waals surface area contributed by atoms with Crippen LogP contribution in [0.4, 0.5) is 0 Å². The molecule has 0 aliphatic carbocycles. The number of allylic oxidation sites excluding steroid dienone is 1. The Hall–Kier alpha value is -1.94. The number of benzene rings is 1. The summed E-state index contributed by atoms with van der Waals surface area (Å²) >= 11 is 0. The lowest BCUT2D eigenvalue weighted by Gasteiger charge is -2.30.